The minimum absolute atomic E-state index is 0.0567. The Bertz CT molecular complexity index is 1690. The average molecular weight is 509 g/mol. The van der Waals surface area contributed by atoms with Gasteiger partial charge in [0.15, 0.2) is 5.43 Å². The quantitative estimate of drug-likeness (QED) is 0.129. The lowest BCUT2D eigenvalue weighted by atomic mass is 9.98. The first-order valence-electron chi connectivity index (χ1n) is 13.4. The fourth-order valence-corrected chi connectivity index (χ4v) is 5.42. The summed E-state index contributed by atoms with van der Waals surface area (Å²) in [6.45, 7) is 3.88. The monoisotopic (exact) mass is 508 g/mol. The van der Waals surface area contributed by atoms with Crippen LogP contribution in [0.5, 0.6) is 5.88 Å². The minimum Gasteiger partial charge on any atom is -0.493 e. The molecule has 0 aliphatic carbocycles. The largest absolute Gasteiger partial charge is 0.493 e. The molecule has 0 spiro atoms. The summed E-state index contributed by atoms with van der Waals surface area (Å²) in [6, 6.07) is 21.4. The average Bonchev–Trinajstić information content (AvgIpc) is 2.97. The van der Waals surface area contributed by atoms with Crippen LogP contribution in [0.2, 0.25) is 0 Å². The maximum absolute atomic E-state index is 13.7. The fraction of sp³-hybridized carbons (Fsp3) is 0.300. The molecule has 0 atom stereocenters. The van der Waals surface area contributed by atoms with E-state index in [0.29, 0.717) is 52.1 Å². The van der Waals surface area contributed by atoms with Gasteiger partial charge in [0.05, 0.1) is 17.3 Å². The van der Waals surface area contributed by atoms with Crippen molar-refractivity contribution in [3.63, 3.8) is 0 Å². The lowest BCUT2D eigenvalue weighted by Crippen LogP contribution is -2.43. The molecular formula is C30H32N6O2. The molecule has 2 heterocycles. The number of aromatic hydroxyl groups is 1. The van der Waals surface area contributed by atoms with E-state index in [0.717, 1.165) is 24.9 Å². The summed E-state index contributed by atoms with van der Waals surface area (Å²) < 4.78 is 1.64. The number of fused-ring (bicyclic) bond motifs is 2. The molecule has 6 rings (SSSR count). The van der Waals surface area contributed by atoms with Crippen LogP contribution in [0.25, 0.3) is 32.4 Å². The second-order valence-electron chi connectivity index (χ2n) is 9.86. The van der Waals surface area contributed by atoms with Gasteiger partial charge in [-0.25, -0.2) is 9.69 Å². The van der Waals surface area contributed by atoms with Crippen molar-refractivity contribution in [3.8, 4) is 5.88 Å². The van der Waals surface area contributed by atoms with E-state index in [1.165, 1.54) is 24.8 Å². The summed E-state index contributed by atoms with van der Waals surface area (Å²) in [4.78, 5) is 13.7. The number of piperidine rings is 1. The molecule has 1 aromatic heterocycles. The van der Waals surface area contributed by atoms with E-state index in [4.69, 9.17) is 5.10 Å². The standard InChI is InChI=1S/C30H32N6O2/c37-29-23-12-6-5-11-22(23)28-26-24(30(38)36(34-28)20-17-32-35-18-7-2-8-19-35)13-14-25(27(26)29)33-31-16-15-21-9-3-1-4-10-21/h1,3-6,9-14,31-32,38H,2,7-8,15-20H2/b33-25+. The Morgan fingerprint density at radius 1 is 0.842 bits per heavy atom. The summed E-state index contributed by atoms with van der Waals surface area (Å²) in [5.41, 5.74) is 8.41. The molecule has 0 radical (unpaired) electrons. The smallest absolute Gasteiger partial charge is 0.215 e. The lowest BCUT2D eigenvalue weighted by Gasteiger charge is -2.27. The Hall–Kier alpha value is -4.01. The molecule has 4 aromatic carbocycles. The summed E-state index contributed by atoms with van der Waals surface area (Å²) >= 11 is 0. The van der Waals surface area contributed by atoms with Gasteiger partial charge in [0.2, 0.25) is 5.88 Å². The molecule has 0 unspecified atom stereocenters. The molecule has 194 valence electrons. The molecule has 1 saturated heterocycles. The van der Waals surface area contributed by atoms with Crippen LogP contribution in [-0.4, -0.2) is 46.1 Å². The van der Waals surface area contributed by atoms with Crippen LogP contribution < -0.4 is 21.6 Å². The van der Waals surface area contributed by atoms with E-state index in [1.807, 2.05) is 48.5 Å². The maximum atomic E-state index is 13.7. The van der Waals surface area contributed by atoms with Gasteiger partial charge in [-0.05, 0) is 37.0 Å². The van der Waals surface area contributed by atoms with Gasteiger partial charge in [-0.1, -0.05) is 61.0 Å². The first-order valence-corrected chi connectivity index (χ1v) is 13.4. The van der Waals surface area contributed by atoms with E-state index in [9.17, 15) is 9.90 Å². The predicted octanol–water partition coefficient (Wildman–Crippen LogP) is 3.48. The zero-order valence-electron chi connectivity index (χ0n) is 21.4. The van der Waals surface area contributed by atoms with Gasteiger partial charge in [0.1, 0.15) is 5.52 Å². The molecule has 1 aliphatic rings. The van der Waals surface area contributed by atoms with Gasteiger partial charge in [0, 0.05) is 47.7 Å². The Balaban J connectivity index is 1.39. The van der Waals surface area contributed by atoms with Gasteiger partial charge in [-0.2, -0.15) is 10.2 Å². The molecule has 38 heavy (non-hydrogen) atoms. The third-order valence-electron chi connectivity index (χ3n) is 7.36. The van der Waals surface area contributed by atoms with Crippen molar-refractivity contribution in [2.75, 3.05) is 26.2 Å². The highest BCUT2D eigenvalue weighted by atomic mass is 16.3. The normalized spacial score (nSPS) is 15.1. The predicted molar refractivity (Wildman–Crippen MR) is 151 cm³/mol. The topological polar surface area (TPSA) is 94.8 Å². The number of rotatable bonds is 8. The highest BCUT2D eigenvalue weighted by Gasteiger charge is 2.19. The number of benzene rings is 4. The molecule has 0 saturated carbocycles. The molecule has 8 heteroatoms. The second kappa shape index (κ2) is 10.8. The van der Waals surface area contributed by atoms with Crippen LogP contribution in [0.1, 0.15) is 24.8 Å². The van der Waals surface area contributed by atoms with Crippen molar-refractivity contribution in [1.29, 1.82) is 0 Å². The summed E-state index contributed by atoms with van der Waals surface area (Å²) in [5, 5.41) is 26.6. The summed E-state index contributed by atoms with van der Waals surface area (Å²) in [5.74, 6) is 0.0567. The maximum Gasteiger partial charge on any atom is 0.215 e. The van der Waals surface area contributed by atoms with E-state index < -0.39 is 0 Å². The highest BCUT2D eigenvalue weighted by molar-refractivity contribution is 6.20. The molecule has 1 aliphatic heterocycles. The van der Waals surface area contributed by atoms with E-state index in [2.05, 4.69) is 33.1 Å². The third kappa shape index (κ3) is 4.68. The molecular weight excluding hydrogens is 476 g/mol. The zero-order valence-corrected chi connectivity index (χ0v) is 21.4. The Labute approximate surface area is 220 Å². The van der Waals surface area contributed by atoms with Crippen LogP contribution >= 0.6 is 0 Å². The molecule has 0 bridgehead atoms. The SMILES string of the molecule is O=c1c2ccccc2c2nn(CCNN3CCCCC3)c(O)c3cc/c(=N\NCCc4ccccc4)c1c32. The van der Waals surface area contributed by atoms with Crippen LogP contribution in [-0.2, 0) is 13.0 Å². The van der Waals surface area contributed by atoms with Crippen molar-refractivity contribution in [3.05, 3.63) is 87.9 Å². The Morgan fingerprint density at radius 3 is 2.42 bits per heavy atom. The number of nitrogens with one attached hydrogen (secondary N) is 2. The molecule has 0 amide bonds. The number of hydrazine groups is 1. The fourth-order valence-electron chi connectivity index (χ4n) is 5.42. The van der Waals surface area contributed by atoms with Crippen molar-refractivity contribution < 1.29 is 5.11 Å². The van der Waals surface area contributed by atoms with E-state index >= 15 is 0 Å². The van der Waals surface area contributed by atoms with Crippen molar-refractivity contribution in [2.45, 2.75) is 32.2 Å². The van der Waals surface area contributed by atoms with Gasteiger partial charge < -0.3 is 10.5 Å². The molecule has 3 N–H and O–H groups in total. The molecule has 5 aromatic rings. The van der Waals surface area contributed by atoms with Gasteiger partial charge in [-0.3, -0.25) is 10.2 Å². The number of hydrogen-bond donors (Lipinski definition) is 3. The first kappa shape index (κ1) is 24.3. The van der Waals surface area contributed by atoms with Crippen LogP contribution in [0.3, 0.4) is 0 Å². The van der Waals surface area contributed by atoms with Crippen molar-refractivity contribution in [2.24, 2.45) is 5.10 Å². The number of nitrogens with zero attached hydrogens (tertiary/aromatic N) is 4. The molecule has 1 fully saturated rings. The Morgan fingerprint density at radius 2 is 1.61 bits per heavy atom. The highest BCUT2D eigenvalue weighted by Crippen LogP contribution is 2.32. The van der Waals surface area contributed by atoms with Crippen molar-refractivity contribution >= 4 is 32.4 Å². The minimum atomic E-state index is -0.104. The molecule has 8 nitrogen and oxygen atoms in total. The van der Waals surface area contributed by atoms with Gasteiger partial charge >= 0.3 is 0 Å². The van der Waals surface area contributed by atoms with E-state index in [-0.39, 0.29) is 11.3 Å². The summed E-state index contributed by atoms with van der Waals surface area (Å²) in [6.07, 6.45) is 4.50. The van der Waals surface area contributed by atoms with Crippen molar-refractivity contribution in [1.82, 2.24) is 25.6 Å². The third-order valence-corrected chi connectivity index (χ3v) is 7.36. The van der Waals surface area contributed by atoms with Gasteiger partial charge in [0.25, 0.3) is 0 Å². The van der Waals surface area contributed by atoms with Crippen LogP contribution in [0.15, 0.2) is 76.6 Å². The number of aromatic nitrogens is 2. The first-order chi connectivity index (χ1) is 18.7. The van der Waals surface area contributed by atoms with Crippen LogP contribution in [0.4, 0.5) is 0 Å². The lowest BCUT2D eigenvalue weighted by molar-refractivity contribution is 0.150. The van der Waals surface area contributed by atoms with Gasteiger partial charge in [-0.15, -0.1) is 0 Å². The van der Waals surface area contributed by atoms with Crippen LogP contribution in [0, 0.1) is 0 Å². The zero-order chi connectivity index (χ0) is 25.9. The second-order valence-corrected chi connectivity index (χ2v) is 9.86. The summed E-state index contributed by atoms with van der Waals surface area (Å²) in [7, 11) is 0. The number of hydrogen-bond acceptors (Lipinski definition) is 7. The van der Waals surface area contributed by atoms with E-state index in [1.54, 1.807) is 10.7 Å². The Kier molecular flexibility index (Phi) is 6.90.